The first-order valence-corrected chi connectivity index (χ1v) is 9.57. The summed E-state index contributed by atoms with van der Waals surface area (Å²) in [7, 11) is 3.88. The Kier molecular flexibility index (Phi) is 5.54. The first-order chi connectivity index (χ1) is 14.5. The largest absolute Gasteiger partial charge is 0.351 e. The van der Waals surface area contributed by atoms with Crippen LogP contribution in [0, 0.1) is 5.82 Å². The van der Waals surface area contributed by atoms with E-state index in [1.807, 2.05) is 49.3 Å². The number of pyridine rings is 1. The molecule has 0 saturated carbocycles. The van der Waals surface area contributed by atoms with Gasteiger partial charge in [0.1, 0.15) is 11.5 Å². The van der Waals surface area contributed by atoms with Gasteiger partial charge in [-0.3, -0.25) is 4.79 Å². The van der Waals surface area contributed by atoms with Gasteiger partial charge in [0.15, 0.2) is 0 Å². The van der Waals surface area contributed by atoms with Gasteiger partial charge in [-0.15, -0.1) is 0 Å². The number of amides is 1. The normalized spacial score (nSPS) is 11.2. The standard InChI is InChI=1S/C23H21FN4O2/c1-28(2)13-12-25-22(29)18-14-19(15-6-4-3-5-7-15)26-23-20(18)21(27-30-23)16-8-10-17(24)11-9-16/h3-11,14H,12-13H2,1-2H3,(H,25,29). The van der Waals surface area contributed by atoms with E-state index in [0.29, 0.717) is 41.0 Å². The van der Waals surface area contributed by atoms with E-state index < -0.39 is 0 Å². The lowest BCUT2D eigenvalue weighted by Gasteiger charge is -2.12. The smallest absolute Gasteiger partial charge is 0.259 e. The molecule has 0 fully saturated rings. The number of carbonyl (C=O) groups excluding carboxylic acids is 1. The molecule has 1 N–H and O–H groups in total. The second-order valence-corrected chi connectivity index (χ2v) is 7.20. The molecule has 0 bridgehead atoms. The van der Waals surface area contributed by atoms with E-state index in [0.717, 1.165) is 5.56 Å². The highest BCUT2D eigenvalue weighted by molar-refractivity contribution is 6.10. The molecule has 0 unspecified atom stereocenters. The third-order valence-corrected chi connectivity index (χ3v) is 4.72. The average Bonchev–Trinajstić information content (AvgIpc) is 3.18. The Labute approximate surface area is 173 Å². The summed E-state index contributed by atoms with van der Waals surface area (Å²) in [5.41, 5.74) is 3.25. The van der Waals surface area contributed by atoms with Crippen LogP contribution in [-0.2, 0) is 0 Å². The molecule has 6 nitrogen and oxygen atoms in total. The minimum Gasteiger partial charge on any atom is -0.351 e. The van der Waals surface area contributed by atoms with Gasteiger partial charge in [0.05, 0.1) is 16.6 Å². The van der Waals surface area contributed by atoms with Crippen LogP contribution < -0.4 is 5.32 Å². The first kappa shape index (κ1) is 19.7. The number of fused-ring (bicyclic) bond motifs is 1. The Bertz CT molecular complexity index is 1170. The summed E-state index contributed by atoms with van der Waals surface area (Å²) in [6.45, 7) is 1.20. The summed E-state index contributed by atoms with van der Waals surface area (Å²) in [4.78, 5) is 19.6. The van der Waals surface area contributed by atoms with Crippen molar-refractivity contribution >= 4 is 17.0 Å². The number of likely N-dealkylation sites (N-methyl/N-ethyl adjacent to an activating group) is 1. The van der Waals surface area contributed by atoms with Crippen molar-refractivity contribution in [3.8, 4) is 22.5 Å². The molecule has 2 heterocycles. The third kappa shape index (κ3) is 4.06. The molecule has 0 spiro atoms. The number of nitrogens with zero attached hydrogens (tertiary/aromatic N) is 3. The van der Waals surface area contributed by atoms with Crippen molar-refractivity contribution in [3.63, 3.8) is 0 Å². The van der Waals surface area contributed by atoms with Crippen molar-refractivity contribution in [2.45, 2.75) is 0 Å². The molecule has 4 aromatic rings. The highest BCUT2D eigenvalue weighted by Crippen LogP contribution is 2.32. The SMILES string of the molecule is CN(C)CCNC(=O)c1cc(-c2ccccc2)nc2onc(-c3ccc(F)cc3)c12. The van der Waals surface area contributed by atoms with Gasteiger partial charge in [-0.25, -0.2) is 9.37 Å². The number of carbonyl (C=O) groups is 1. The predicted molar refractivity (Wildman–Crippen MR) is 114 cm³/mol. The van der Waals surface area contributed by atoms with Crippen LogP contribution in [0.5, 0.6) is 0 Å². The number of nitrogens with one attached hydrogen (secondary N) is 1. The topological polar surface area (TPSA) is 71.3 Å². The van der Waals surface area contributed by atoms with Crippen molar-refractivity contribution < 1.29 is 13.7 Å². The van der Waals surface area contributed by atoms with E-state index in [4.69, 9.17) is 4.52 Å². The van der Waals surface area contributed by atoms with E-state index >= 15 is 0 Å². The summed E-state index contributed by atoms with van der Waals surface area (Å²) in [6.07, 6.45) is 0. The fraction of sp³-hybridized carbons (Fsp3) is 0.174. The molecular formula is C23H21FN4O2. The van der Waals surface area contributed by atoms with E-state index in [2.05, 4.69) is 15.5 Å². The second-order valence-electron chi connectivity index (χ2n) is 7.20. The van der Waals surface area contributed by atoms with Gasteiger partial charge in [-0.1, -0.05) is 35.5 Å². The minimum atomic E-state index is -0.349. The van der Waals surface area contributed by atoms with Gasteiger partial charge in [-0.2, -0.15) is 0 Å². The number of hydrogen-bond donors (Lipinski definition) is 1. The Balaban J connectivity index is 1.84. The van der Waals surface area contributed by atoms with Crippen LogP contribution in [0.3, 0.4) is 0 Å². The van der Waals surface area contributed by atoms with Crippen molar-refractivity contribution in [1.82, 2.24) is 20.4 Å². The summed E-state index contributed by atoms with van der Waals surface area (Å²) in [6, 6.07) is 17.2. The molecule has 7 heteroatoms. The van der Waals surface area contributed by atoms with Crippen LogP contribution in [0.15, 0.2) is 65.2 Å². The van der Waals surface area contributed by atoms with Crippen LogP contribution in [0.2, 0.25) is 0 Å². The zero-order chi connectivity index (χ0) is 21.1. The lowest BCUT2D eigenvalue weighted by Crippen LogP contribution is -2.31. The monoisotopic (exact) mass is 404 g/mol. The van der Waals surface area contributed by atoms with Gasteiger partial charge < -0.3 is 14.7 Å². The van der Waals surface area contributed by atoms with Crippen LogP contribution in [0.4, 0.5) is 4.39 Å². The number of benzene rings is 2. The van der Waals surface area contributed by atoms with Crippen molar-refractivity contribution in [3.05, 3.63) is 72.0 Å². The molecule has 2 aromatic heterocycles. The fourth-order valence-corrected chi connectivity index (χ4v) is 3.18. The van der Waals surface area contributed by atoms with E-state index in [9.17, 15) is 9.18 Å². The summed E-state index contributed by atoms with van der Waals surface area (Å²) < 4.78 is 18.9. The van der Waals surface area contributed by atoms with E-state index in [1.54, 1.807) is 18.2 Å². The van der Waals surface area contributed by atoms with E-state index in [-0.39, 0.29) is 17.4 Å². The maximum Gasteiger partial charge on any atom is 0.259 e. The second kappa shape index (κ2) is 8.42. The van der Waals surface area contributed by atoms with Gasteiger partial charge in [-0.05, 0) is 44.4 Å². The molecular weight excluding hydrogens is 383 g/mol. The van der Waals surface area contributed by atoms with Gasteiger partial charge in [0.2, 0.25) is 0 Å². The zero-order valence-corrected chi connectivity index (χ0v) is 16.7. The molecule has 30 heavy (non-hydrogen) atoms. The number of hydrogen-bond acceptors (Lipinski definition) is 5. The van der Waals surface area contributed by atoms with Crippen molar-refractivity contribution in [1.29, 1.82) is 0 Å². The van der Waals surface area contributed by atoms with Crippen LogP contribution in [0.1, 0.15) is 10.4 Å². The van der Waals surface area contributed by atoms with Gasteiger partial charge in [0, 0.05) is 24.2 Å². The summed E-state index contributed by atoms with van der Waals surface area (Å²) in [5.74, 6) is -0.592. The maximum absolute atomic E-state index is 13.4. The number of rotatable bonds is 6. The fourth-order valence-electron chi connectivity index (χ4n) is 3.18. The van der Waals surface area contributed by atoms with E-state index in [1.165, 1.54) is 12.1 Å². The van der Waals surface area contributed by atoms with Crippen molar-refractivity contribution in [2.75, 3.05) is 27.2 Å². The molecule has 0 saturated heterocycles. The van der Waals surface area contributed by atoms with Gasteiger partial charge >= 0.3 is 0 Å². The van der Waals surface area contributed by atoms with Crippen LogP contribution >= 0.6 is 0 Å². The number of halogens is 1. The third-order valence-electron chi connectivity index (χ3n) is 4.72. The number of aromatic nitrogens is 2. The predicted octanol–water partition coefficient (Wildman–Crippen LogP) is 3.99. The zero-order valence-electron chi connectivity index (χ0n) is 16.7. The molecule has 2 aromatic carbocycles. The van der Waals surface area contributed by atoms with Gasteiger partial charge in [0.25, 0.3) is 11.6 Å². The molecule has 1 amide bonds. The molecule has 0 aliphatic rings. The quantitative estimate of drug-likeness (QED) is 0.526. The average molecular weight is 404 g/mol. The lowest BCUT2D eigenvalue weighted by molar-refractivity contribution is 0.0952. The van der Waals surface area contributed by atoms with Crippen molar-refractivity contribution in [2.24, 2.45) is 0 Å². The van der Waals surface area contributed by atoms with Crippen LogP contribution in [0.25, 0.3) is 33.6 Å². The summed E-state index contributed by atoms with van der Waals surface area (Å²) in [5, 5.41) is 7.58. The molecule has 4 rings (SSSR count). The maximum atomic E-state index is 13.4. The Morgan fingerprint density at radius 1 is 1.07 bits per heavy atom. The molecule has 0 aliphatic carbocycles. The highest BCUT2D eigenvalue weighted by Gasteiger charge is 2.22. The first-order valence-electron chi connectivity index (χ1n) is 9.57. The minimum absolute atomic E-state index is 0.243. The molecule has 0 radical (unpaired) electrons. The molecule has 0 aliphatic heterocycles. The summed E-state index contributed by atoms with van der Waals surface area (Å²) >= 11 is 0. The Morgan fingerprint density at radius 2 is 1.80 bits per heavy atom. The molecule has 0 atom stereocenters. The van der Waals surface area contributed by atoms with Crippen LogP contribution in [-0.4, -0.2) is 48.1 Å². The molecule has 152 valence electrons. The Morgan fingerprint density at radius 3 is 2.50 bits per heavy atom. The highest BCUT2D eigenvalue weighted by atomic mass is 19.1. The lowest BCUT2D eigenvalue weighted by atomic mass is 10.0. The Hall–Kier alpha value is -3.58.